The van der Waals surface area contributed by atoms with E-state index in [4.69, 9.17) is 0 Å². The van der Waals surface area contributed by atoms with Crippen LogP contribution in [0.25, 0.3) is 0 Å². The van der Waals surface area contributed by atoms with E-state index in [1.54, 1.807) is 0 Å². The Kier molecular flexibility index (Phi) is 3.75. The highest BCUT2D eigenvalue weighted by molar-refractivity contribution is 5.94. The van der Waals surface area contributed by atoms with Gasteiger partial charge in [-0.25, -0.2) is 0 Å². The fraction of sp³-hybridized carbons (Fsp3) is 0.462. The van der Waals surface area contributed by atoms with Gasteiger partial charge in [-0.3, -0.25) is 9.78 Å². The quantitative estimate of drug-likeness (QED) is 0.909. The van der Waals surface area contributed by atoms with Crippen LogP contribution in [0, 0.1) is 5.92 Å². The van der Waals surface area contributed by atoms with Crippen LogP contribution in [0.2, 0.25) is 0 Å². The van der Waals surface area contributed by atoms with Gasteiger partial charge in [0.1, 0.15) is 5.71 Å². The van der Waals surface area contributed by atoms with Crippen LogP contribution in [-0.4, -0.2) is 32.9 Å². The van der Waals surface area contributed by atoms with Crippen molar-refractivity contribution in [3.05, 3.63) is 30.1 Å². The standard InChI is InChI=1S/C13H14F3N3O2/c1-8(2)11(20)19-12(21,9-4-3-5-17-7-9)6-10(18-19)13(14,15)16/h3-5,7-8,21H,6H2,1-2H3/t12-/m1/s1. The number of alkyl halides is 3. The minimum absolute atomic E-state index is 0.0852. The van der Waals surface area contributed by atoms with E-state index in [1.807, 2.05) is 0 Å². The molecular weight excluding hydrogens is 287 g/mol. The van der Waals surface area contributed by atoms with Gasteiger partial charge in [-0.15, -0.1) is 0 Å². The summed E-state index contributed by atoms with van der Waals surface area (Å²) in [7, 11) is 0. The molecule has 0 bridgehead atoms. The molecule has 1 atom stereocenters. The summed E-state index contributed by atoms with van der Waals surface area (Å²) >= 11 is 0. The Balaban J connectivity index is 2.48. The third-order valence-electron chi connectivity index (χ3n) is 3.14. The molecule has 1 aliphatic heterocycles. The van der Waals surface area contributed by atoms with E-state index >= 15 is 0 Å². The number of carbonyl (C=O) groups is 1. The number of hydrazone groups is 1. The molecule has 0 aliphatic carbocycles. The first kappa shape index (κ1) is 15.4. The first-order valence-corrected chi connectivity index (χ1v) is 6.28. The van der Waals surface area contributed by atoms with Gasteiger partial charge in [-0.1, -0.05) is 19.9 Å². The average molecular weight is 301 g/mol. The predicted molar refractivity (Wildman–Crippen MR) is 67.9 cm³/mol. The second-order valence-corrected chi connectivity index (χ2v) is 5.08. The summed E-state index contributed by atoms with van der Waals surface area (Å²) in [6, 6.07) is 2.87. The minimum atomic E-state index is -4.71. The molecule has 1 amide bonds. The van der Waals surface area contributed by atoms with Crippen molar-refractivity contribution >= 4 is 11.6 Å². The topological polar surface area (TPSA) is 65.8 Å². The van der Waals surface area contributed by atoms with Crippen molar-refractivity contribution in [2.45, 2.75) is 32.2 Å². The number of hydrogen-bond donors (Lipinski definition) is 1. The van der Waals surface area contributed by atoms with E-state index in [0.717, 1.165) is 0 Å². The molecule has 2 rings (SSSR count). The lowest BCUT2D eigenvalue weighted by Crippen LogP contribution is -2.45. The summed E-state index contributed by atoms with van der Waals surface area (Å²) in [5, 5.41) is 14.4. The Morgan fingerprint density at radius 2 is 2.14 bits per heavy atom. The molecule has 114 valence electrons. The summed E-state index contributed by atoms with van der Waals surface area (Å²) in [4.78, 5) is 15.8. The lowest BCUT2D eigenvalue weighted by Gasteiger charge is -2.32. The van der Waals surface area contributed by atoms with Crippen LogP contribution < -0.4 is 0 Å². The highest BCUT2D eigenvalue weighted by atomic mass is 19.4. The molecule has 0 aromatic carbocycles. The molecule has 0 fully saturated rings. The molecule has 21 heavy (non-hydrogen) atoms. The van der Waals surface area contributed by atoms with Crippen molar-refractivity contribution < 1.29 is 23.1 Å². The van der Waals surface area contributed by atoms with Gasteiger partial charge in [-0.05, 0) is 6.07 Å². The van der Waals surface area contributed by atoms with Crippen molar-refractivity contribution in [3.63, 3.8) is 0 Å². The van der Waals surface area contributed by atoms with Gasteiger partial charge in [0.2, 0.25) is 5.91 Å². The largest absolute Gasteiger partial charge is 0.431 e. The number of aliphatic hydroxyl groups is 1. The predicted octanol–water partition coefficient (Wildman–Crippen LogP) is 2.03. The number of nitrogens with zero attached hydrogens (tertiary/aromatic N) is 3. The van der Waals surface area contributed by atoms with Crippen LogP contribution in [0.5, 0.6) is 0 Å². The van der Waals surface area contributed by atoms with Gasteiger partial charge in [-0.2, -0.15) is 23.3 Å². The van der Waals surface area contributed by atoms with Crippen LogP contribution in [-0.2, 0) is 10.5 Å². The fourth-order valence-electron chi connectivity index (χ4n) is 2.00. The number of rotatable bonds is 2. The van der Waals surface area contributed by atoms with E-state index in [2.05, 4.69) is 10.1 Å². The molecule has 8 heteroatoms. The summed E-state index contributed by atoms with van der Waals surface area (Å²) in [5.74, 6) is -1.30. The number of pyridine rings is 1. The molecule has 0 saturated heterocycles. The monoisotopic (exact) mass is 301 g/mol. The van der Waals surface area contributed by atoms with Gasteiger partial charge < -0.3 is 5.11 Å². The second kappa shape index (κ2) is 5.10. The maximum atomic E-state index is 12.9. The van der Waals surface area contributed by atoms with Crippen molar-refractivity contribution in [2.24, 2.45) is 11.0 Å². The van der Waals surface area contributed by atoms with Crippen LogP contribution in [0.3, 0.4) is 0 Å². The van der Waals surface area contributed by atoms with Gasteiger partial charge in [0.15, 0.2) is 5.72 Å². The van der Waals surface area contributed by atoms with Crippen LogP contribution in [0.1, 0.15) is 25.8 Å². The van der Waals surface area contributed by atoms with Crippen molar-refractivity contribution in [3.8, 4) is 0 Å². The molecule has 1 aliphatic rings. The molecule has 0 saturated carbocycles. The van der Waals surface area contributed by atoms with Crippen LogP contribution in [0.15, 0.2) is 29.6 Å². The molecule has 2 heterocycles. The molecule has 5 nitrogen and oxygen atoms in total. The highest BCUT2D eigenvalue weighted by Gasteiger charge is 2.53. The van der Waals surface area contributed by atoms with Crippen molar-refractivity contribution in [1.82, 2.24) is 9.99 Å². The maximum absolute atomic E-state index is 12.9. The lowest BCUT2D eigenvalue weighted by atomic mass is 9.98. The van der Waals surface area contributed by atoms with Gasteiger partial charge in [0, 0.05) is 23.9 Å². The van der Waals surface area contributed by atoms with Gasteiger partial charge in [0.05, 0.1) is 6.42 Å². The second-order valence-electron chi connectivity index (χ2n) is 5.08. The molecule has 0 radical (unpaired) electrons. The number of amides is 1. The van der Waals surface area contributed by atoms with Crippen LogP contribution >= 0.6 is 0 Å². The van der Waals surface area contributed by atoms with E-state index < -0.39 is 35.9 Å². The third-order valence-corrected chi connectivity index (χ3v) is 3.14. The normalized spacial score (nSPS) is 22.6. The Morgan fingerprint density at radius 1 is 1.48 bits per heavy atom. The first-order chi connectivity index (χ1) is 9.66. The Bertz CT molecular complexity index is 572. The smallest absolute Gasteiger partial charge is 0.365 e. The van der Waals surface area contributed by atoms with E-state index in [1.165, 1.54) is 38.4 Å². The van der Waals surface area contributed by atoms with Gasteiger partial charge >= 0.3 is 6.18 Å². The minimum Gasteiger partial charge on any atom is -0.365 e. The molecule has 0 spiro atoms. The van der Waals surface area contributed by atoms with Gasteiger partial charge in [0.25, 0.3) is 0 Å². The molecule has 1 aromatic rings. The van der Waals surface area contributed by atoms with E-state index in [0.29, 0.717) is 5.01 Å². The first-order valence-electron chi connectivity index (χ1n) is 6.28. The van der Waals surface area contributed by atoms with Crippen molar-refractivity contribution in [2.75, 3.05) is 0 Å². The van der Waals surface area contributed by atoms with E-state index in [-0.39, 0.29) is 5.56 Å². The van der Waals surface area contributed by atoms with Crippen LogP contribution in [0.4, 0.5) is 13.2 Å². The van der Waals surface area contributed by atoms with Crippen molar-refractivity contribution in [1.29, 1.82) is 0 Å². The maximum Gasteiger partial charge on any atom is 0.431 e. The third kappa shape index (κ3) is 2.76. The number of carbonyl (C=O) groups excluding carboxylic acids is 1. The zero-order valence-corrected chi connectivity index (χ0v) is 11.4. The molecule has 1 N–H and O–H groups in total. The average Bonchev–Trinajstić information content (AvgIpc) is 2.78. The zero-order chi connectivity index (χ0) is 15.8. The Labute approximate surface area is 119 Å². The molecular formula is C13H14F3N3O2. The Morgan fingerprint density at radius 3 is 2.62 bits per heavy atom. The SMILES string of the molecule is CC(C)C(=O)N1N=C(C(F)(F)F)C[C@@]1(O)c1cccnc1. The zero-order valence-electron chi connectivity index (χ0n) is 11.4. The number of aromatic nitrogens is 1. The Hall–Kier alpha value is -1.96. The molecule has 0 unspecified atom stereocenters. The molecule has 1 aromatic heterocycles. The fourth-order valence-corrected chi connectivity index (χ4v) is 2.00. The number of hydrogen-bond acceptors (Lipinski definition) is 4. The highest BCUT2D eigenvalue weighted by Crippen LogP contribution is 2.39. The summed E-state index contributed by atoms with van der Waals surface area (Å²) in [6.07, 6.45) is -2.89. The summed E-state index contributed by atoms with van der Waals surface area (Å²) in [5.41, 5.74) is -3.27. The summed E-state index contributed by atoms with van der Waals surface area (Å²) in [6.45, 7) is 3.04. The summed E-state index contributed by atoms with van der Waals surface area (Å²) < 4.78 is 38.6. The van der Waals surface area contributed by atoms with E-state index in [9.17, 15) is 23.1 Å². The lowest BCUT2D eigenvalue weighted by molar-refractivity contribution is -0.161. The number of halogens is 3.